The Morgan fingerprint density at radius 2 is 1.35 bits per heavy atom. The molecule has 34 heavy (non-hydrogen) atoms. The van der Waals surface area contributed by atoms with Crippen LogP contribution < -0.4 is 21.5 Å². The number of halogens is 1. The van der Waals surface area contributed by atoms with Gasteiger partial charge in [-0.1, -0.05) is 48.0 Å². The van der Waals surface area contributed by atoms with Gasteiger partial charge in [0.05, 0.1) is 0 Å². The molecule has 3 N–H and O–H groups in total. The zero-order valence-corrected chi connectivity index (χ0v) is 18.7. The van der Waals surface area contributed by atoms with Gasteiger partial charge in [0.25, 0.3) is 11.5 Å². The van der Waals surface area contributed by atoms with Gasteiger partial charge in [0.1, 0.15) is 6.04 Å². The fourth-order valence-corrected chi connectivity index (χ4v) is 3.46. The van der Waals surface area contributed by atoms with Crippen LogP contribution in [0.2, 0.25) is 5.02 Å². The molecule has 8 heteroatoms. The lowest BCUT2D eigenvalue weighted by atomic mass is 10.1. The van der Waals surface area contributed by atoms with Crippen molar-refractivity contribution in [3.8, 4) is 5.69 Å². The Morgan fingerprint density at radius 1 is 0.735 bits per heavy atom. The maximum atomic E-state index is 13.1. The molecule has 1 heterocycles. The van der Waals surface area contributed by atoms with Crippen LogP contribution in [0.3, 0.4) is 0 Å². The maximum absolute atomic E-state index is 13.1. The number of nitrogens with one attached hydrogen (secondary N) is 3. The Hall–Kier alpha value is -4.36. The summed E-state index contributed by atoms with van der Waals surface area (Å²) in [6, 6.07) is 25.9. The third-order valence-electron chi connectivity index (χ3n) is 5.01. The van der Waals surface area contributed by atoms with Crippen LogP contribution in [0.4, 0.5) is 16.2 Å². The van der Waals surface area contributed by atoms with Crippen molar-refractivity contribution in [1.82, 2.24) is 9.88 Å². The molecule has 0 saturated carbocycles. The second-order valence-corrected chi connectivity index (χ2v) is 7.83. The van der Waals surface area contributed by atoms with Gasteiger partial charge in [0.2, 0.25) is 0 Å². The minimum Gasteiger partial charge on any atom is -0.324 e. The Bertz CT molecular complexity index is 1340. The number of carbonyl (C=O) groups excluding carboxylic acids is 2. The van der Waals surface area contributed by atoms with Gasteiger partial charge >= 0.3 is 6.03 Å². The largest absolute Gasteiger partial charge is 0.324 e. The Morgan fingerprint density at radius 3 is 2.03 bits per heavy atom. The van der Waals surface area contributed by atoms with Crippen LogP contribution in [0.5, 0.6) is 0 Å². The van der Waals surface area contributed by atoms with E-state index in [1.165, 1.54) is 10.6 Å². The lowest BCUT2D eigenvalue weighted by Crippen LogP contribution is -2.39. The quantitative estimate of drug-likeness (QED) is 0.369. The van der Waals surface area contributed by atoms with Crippen LogP contribution in [0.15, 0.2) is 108 Å². The highest BCUT2D eigenvalue weighted by Crippen LogP contribution is 2.19. The molecule has 170 valence electrons. The minimum absolute atomic E-state index is 0.153. The molecule has 4 rings (SSSR count). The Kier molecular flexibility index (Phi) is 7.05. The Labute approximate surface area is 201 Å². The van der Waals surface area contributed by atoms with Gasteiger partial charge in [-0.2, -0.15) is 0 Å². The number of rotatable bonds is 6. The van der Waals surface area contributed by atoms with E-state index in [0.717, 1.165) is 0 Å². The van der Waals surface area contributed by atoms with E-state index in [0.29, 0.717) is 27.6 Å². The molecule has 0 aliphatic rings. The highest BCUT2D eigenvalue weighted by molar-refractivity contribution is 6.30. The molecule has 0 aliphatic carbocycles. The fourth-order valence-electron chi connectivity index (χ4n) is 3.34. The molecule has 0 aliphatic heterocycles. The number of amides is 3. The molecule has 0 spiro atoms. The normalized spacial score (nSPS) is 11.3. The van der Waals surface area contributed by atoms with Gasteiger partial charge < -0.3 is 16.0 Å². The summed E-state index contributed by atoms with van der Waals surface area (Å²) < 4.78 is 1.50. The number of hydrogen-bond donors (Lipinski definition) is 3. The molecular weight excluding hydrogens is 452 g/mol. The third kappa shape index (κ3) is 5.70. The van der Waals surface area contributed by atoms with Crippen LogP contribution in [-0.2, 0) is 4.79 Å². The van der Waals surface area contributed by atoms with Crippen molar-refractivity contribution in [1.29, 1.82) is 0 Å². The minimum atomic E-state index is -0.940. The predicted molar refractivity (Wildman–Crippen MR) is 133 cm³/mol. The molecule has 7 nitrogen and oxygen atoms in total. The van der Waals surface area contributed by atoms with Crippen molar-refractivity contribution in [3.63, 3.8) is 0 Å². The summed E-state index contributed by atoms with van der Waals surface area (Å²) in [4.78, 5) is 37.8. The van der Waals surface area contributed by atoms with Crippen LogP contribution in [0, 0.1) is 0 Å². The summed E-state index contributed by atoms with van der Waals surface area (Å²) in [6.45, 7) is 0. The van der Waals surface area contributed by atoms with E-state index in [1.807, 2.05) is 6.07 Å². The second-order valence-electron chi connectivity index (χ2n) is 7.39. The molecule has 1 aromatic heterocycles. The van der Waals surface area contributed by atoms with Crippen molar-refractivity contribution in [2.24, 2.45) is 0 Å². The van der Waals surface area contributed by atoms with Gasteiger partial charge in [0.15, 0.2) is 0 Å². The standard InChI is InChI=1S/C26H21ClN4O3/c27-19-9-11-21(12-10-19)29-26(34)30-24(18-6-2-1-3-7-18)25(33)28-20-13-15-22(16-14-20)31-17-5-4-8-23(31)32/h1-17,24H,(H,28,33)(H2,29,30,34)/t24-/m0/s1. The van der Waals surface area contributed by atoms with Gasteiger partial charge in [0, 0.05) is 34.3 Å². The van der Waals surface area contributed by atoms with Crippen LogP contribution in [0.25, 0.3) is 5.69 Å². The fraction of sp³-hybridized carbons (Fsp3) is 0.0385. The van der Waals surface area contributed by atoms with Crippen LogP contribution in [0.1, 0.15) is 11.6 Å². The van der Waals surface area contributed by atoms with E-state index in [4.69, 9.17) is 11.6 Å². The van der Waals surface area contributed by atoms with Crippen molar-refractivity contribution in [2.75, 3.05) is 10.6 Å². The average molecular weight is 473 g/mol. The van der Waals surface area contributed by atoms with E-state index >= 15 is 0 Å². The molecule has 0 saturated heterocycles. The monoisotopic (exact) mass is 472 g/mol. The topological polar surface area (TPSA) is 92.2 Å². The van der Waals surface area contributed by atoms with E-state index < -0.39 is 18.0 Å². The smallest absolute Gasteiger partial charge is 0.320 e. The van der Waals surface area contributed by atoms with E-state index in [1.54, 1.807) is 91.1 Å². The van der Waals surface area contributed by atoms with Crippen molar-refractivity contribution >= 4 is 34.9 Å². The van der Waals surface area contributed by atoms with Crippen molar-refractivity contribution in [3.05, 3.63) is 124 Å². The maximum Gasteiger partial charge on any atom is 0.320 e. The molecule has 3 aromatic carbocycles. The number of anilines is 2. The molecule has 0 bridgehead atoms. The molecular formula is C26H21ClN4O3. The lowest BCUT2D eigenvalue weighted by Gasteiger charge is -2.19. The zero-order chi connectivity index (χ0) is 23.9. The summed E-state index contributed by atoms with van der Waals surface area (Å²) >= 11 is 5.89. The number of aromatic nitrogens is 1. The van der Waals surface area contributed by atoms with Crippen molar-refractivity contribution in [2.45, 2.75) is 6.04 Å². The highest BCUT2D eigenvalue weighted by atomic mass is 35.5. The summed E-state index contributed by atoms with van der Waals surface area (Å²) in [7, 11) is 0. The third-order valence-corrected chi connectivity index (χ3v) is 5.26. The number of urea groups is 1. The average Bonchev–Trinajstić information content (AvgIpc) is 2.85. The first kappa shape index (κ1) is 22.8. The number of carbonyl (C=O) groups is 2. The molecule has 1 atom stereocenters. The van der Waals surface area contributed by atoms with Crippen molar-refractivity contribution < 1.29 is 9.59 Å². The predicted octanol–water partition coefficient (Wildman–Crippen LogP) is 4.99. The number of benzene rings is 3. The van der Waals surface area contributed by atoms with E-state index in [9.17, 15) is 14.4 Å². The van der Waals surface area contributed by atoms with Gasteiger partial charge in [-0.25, -0.2) is 4.79 Å². The first-order chi connectivity index (χ1) is 16.5. The molecule has 3 amide bonds. The van der Waals surface area contributed by atoms with E-state index in [-0.39, 0.29) is 5.56 Å². The van der Waals surface area contributed by atoms with Crippen LogP contribution >= 0.6 is 11.6 Å². The molecule has 0 fully saturated rings. The first-order valence-electron chi connectivity index (χ1n) is 10.5. The SMILES string of the molecule is O=C(Nc1ccc(Cl)cc1)N[C@H](C(=O)Nc1ccc(-n2ccccc2=O)cc1)c1ccccc1. The molecule has 0 unspecified atom stereocenters. The van der Waals surface area contributed by atoms with Gasteiger partial charge in [-0.3, -0.25) is 14.2 Å². The van der Waals surface area contributed by atoms with E-state index in [2.05, 4.69) is 16.0 Å². The highest BCUT2D eigenvalue weighted by Gasteiger charge is 2.23. The number of hydrogen-bond acceptors (Lipinski definition) is 3. The zero-order valence-electron chi connectivity index (χ0n) is 17.9. The van der Waals surface area contributed by atoms with Crippen LogP contribution in [-0.4, -0.2) is 16.5 Å². The summed E-state index contributed by atoms with van der Waals surface area (Å²) in [5.74, 6) is -0.415. The summed E-state index contributed by atoms with van der Waals surface area (Å²) in [5, 5.41) is 8.79. The summed E-state index contributed by atoms with van der Waals surface area (Å²) in [6.07, 6.45) is 1.67. The first-order valence-corrected chi connectivity index (χ1v) is 10.8. The lowest BCUT2D eigenvalue weighted by molar-refractivity contribution is -0.118. The second kappa shape index (κ2) is 10.5. The molecule has 0 radical (unpaired) electrons. The Balaban J connectivity index is 1.49. The van der Waals surface area contributed by atoms with Gasteiger partial charge in [-0.05, 0) is 60.2 Å². The summed E-state index contributed by atoms with van der Waals surface area (Å²) in [5.41, 5.74) is 2.21. The number of pyridine rings is 1. The number of nitrogens with zero attached hydrogens (tertiary/aromatic N) is 1. The molecule has 4 aromatic rings. The van der Waals surface area contributed by atoms with Gasteiger partial charge in [-0.15, -0.1) is 0 Å².